The maximum Gasteiger partial charge on any atom is 0.316 e. The van der Waals surface area contributed by atoms with Crippen LogP contribution in [0.25, 0.3) is 0 Å². The third kappa shape index (κ3) is 4.20. The van der Waals surface area contributed by atoms with E-state index in [9.17, 15) is 14.9 Å². The van der Waals surface area contributed by atoms with Crippen LogP contribution in [0.4, 0.5) is 16.4 Å². The second-order valence-electron chi connectivity index (χ2n) is 3.58. The van der Waals surface area contributed by atoms with E-state index in [4.69, 9.17) is 0 Å². The number of hydrogen-bond donors (Lipinski definition) is 2. The van der Waals surface area contributed by atoms with Gasteiger partial charge in [0.25, 0.3) is 0 Å². The number of rotatable bonds is 5. The van der Waals surface area contributed by atoms with E-state index >= 15 is 0 Å². The summed E-state index contributed by atoms with van der Waals surface area (Å²) in [5.74, 6) is 0.278. The van der Waals surface area contributed by atoms with Gasteiger partial charge in [0.1, 0.15) is 12.4 Å². The smallest absolute Gasteiger partial charge is 0.316 e. The minimum Gasteiger partial charge on any atom is -0.352 e. The van der Waals surface area contributed by atoms with Crippen LogP contribution in [0.5, 0.6) is 0 Å². The van der Waals surface area contributed by atoms with Gasteiger partial charge in [-0.05, 0) is 0 Å². The molecule has 0 atom stereocenters. The molecule has 9 heteroatoms. The van der Waals surface area contributed by atoms with Gasteiger partial charge in [0.2, 0.25) is 5.95 Å². The molecule has 0 bridgehead atoms. The fourth-order valence-corrected chi connectivity index (χ4v) is 1.01. The normalized spacial score (nSPS) is 9.67. The minimum absolute atomic E-state index is 0.165. The van der Waals surface area contributed by atoms with Crippen molar-refractivity contribution in [1.82, 2.24) is 20.2 Å². The predicted molar refractivity (Wildman–Crippen MR) is 64.3 cm³/mol. The highest BCUT2D eigenvalue weighted by Gasteiger charge is 2.06. The Bertz CT molecular complexity index is 419. The zero-order valence-corrected chi connectivity index (χ0v) is 10.1. The molecule has 0 unspecified atom stereocenters. The molecule has 0 aliphatic carbocycles. The zero-order valence-electron chi connectivity index (χ0n) is 10.1. The van der Waals surface area contributed by atoms with E-state index in [0.717, 1.165) is 12.4 Å². The SMILES string of the molecule is CN(C)C(=O)NCCNc1ncc([N+](=O)[O-])cn1. The summed E-state index contributed by atoms with van der Waals surface area (Å²) in [4.78, 5) is 29.9. The van der Waals surface area contributed by atoms with Crippen LogP contribution < -0.4 is 10.6 Å². The van der Waals surface area contributed by atoms with Crippen molar-refractivity contribution in [2.24, 2.45) is 0 Å². The molecular weight excluding hydrogens is 240 g/mol. The van der Waals surface area contributed by atoms with Gasteiger partial charge >= 0.3 is 11.7 Å². The molecule has 0 radical (unpaired) electrons. The third-order valence-corrected chi connectivity index (χ3v) is 1.94. The van der Waals surface area contributed by atoms with E-state index < -0.39 is 4.92 Å². The third-order valence-electron chi connectivity index (χ3n) is 1.94. The van der Waals surface area contributed by atoms with Gasteiger partial charge < -0.3 is 15.5 Å². The second kappa shape index (κ2) is 6.33. The number of carbonyl (C=O) groups is 1. The Balaban J connectivity index is 2.31. The largest absolute Gasteiger partial charge is 0.352 e. The topological polar surface area (TPSA) is 113 Å². The van der Waals surface area contributed by atoms with Crippen LogP contribution in [0.2, 0.25) is 0 Å². The zero-order chi connectivity index (χ0) is 13.5. The fourth-order valence-electron chi connectivity index (χ4n) is 1.01. The molecule has 98 valence electrons. The lowest BCUT2D eigenvalue weighted by Crippen LogP contribution is -2.37. The summed E-state index contributed by atoms with van der Waals surface area (Å²) in [5, 5.41) is 15.8. The van der Waals surface area contributed by atoms with Crippen molar-refractivity contribution in [2.45, 2.75) is 0 Å². The molecule has 1 aromatic heterocycles. The highest BCUT2D eigenvalue weighted by atomic mass is 16.6. The molecule has 1 heterocycles. The molecule has 1 rings (SSSR count). The van der Waals surface area contributed by atoms with Crippen molar-refractivity contribution < 1.29 is 9.72 Å². The Hall–Kier alpha value is -2.45. The summed E-state index contributed by atoms with van der Waals surface area (Å²) < 4.78 is 0. The van der Waals surface area contributed by atoms with Crippen molar-refractivity contribution in [1.29, 1.82) is 0 Å². The lowest BCUT2D eigenvalue weighted by atomic mass is 10.5. The standard InChI is InChI=1S/C9H14N6O3/c1-14(2)9(16)11-4-3-10-8-12-5-7(6-13-8)15(17)18/h5-6H,3-4H2,1-2H3,(H,11,16)(H,10,12,13). The predicted octanol–water partition coefficient (Wildman–Crippen LogP) is 0.0679. The monoisotopic (exact) mass is 254 g/mol. The number of hydrogen-bond acceptors (Lipinski definition) is 6. The van der Waals surface area contributed by atoms with Gasteiger partial charge in [-0.25, -0.2) is 14.8 Å². The van der Waals surface area contributed by atoms with Crippen molar-refractivity contribution in [2.75, 3.05) is 32.5 Å². The maximum absolute atomic E-state index is 11.2. The molecule has 2 N–H and O–H groups in total. The Morgan fingerprint density at radius 3 is 2.50 bits per heavy atom. The first-order valence-electron chi connectivity index (χ1n) is 5.16. The molecule has 0 aliphatic rings. The first kappa shape index (κ1) is 13.6. The molecule has 0 saturated carbocycles. The molecule has 18 heavy (non-hydrogen) atoms. The Labute approximate surface area is 103 Å². The van der Waals surface area contributed by atoms with Crippen LogP contribution >= 0.6 is 0 Å². The molecule has 0 aliphatic heterocycles. The maximum atomic E-state index is 11.2. The van der Waals surface area contributed by atoms with Crippen molar-refractivity contribution >= 4 is 17.7 Å². The Morgan fingerprint density at radius 1 is 1.39 bits per heavy atom. The van der Waals surface area contributed by atoms with Crippen LogP contribution in [0.15, 0.2) is 12.4 Å². The Kier molecular flexibility index (Phi) is 4.78. The first-order valence-corrected chi connectivity index (χ1v) is 5.16. The Morgan fingerprint density at radius 2 is 2.00 bits per heavy atom. The van der Waals surface area contributed by atoms with Crippen molar-refractivity contribution in [3.8, 4) is 0 Å². The van der Waals surface area contributed by atoms with Crippen molar-refractivity contribution in [3.05, 3.63) is 22.5 Å². The van der Waals surface area contributed by atoms with Gasteiger partial charge in [0, 0.05) is 27.2 Å². The average molecular weight is 254 g/mol. The average Bonchev–Trinajstić information content (AvgIpc) is 2.34. The summed E-state index contributed by atoms with van der Waals surface area (Å²) in [6.45, 7) is 0.828. The molecule has 9 nitrogen and oxygen atoms in total. The van der Waals surface area contributed by atoms with Crippen LogP contribution in [-0.2, 0) is 0 Å². The summed E-state index contributed by atoms with van der Waals surface area (Å²) in [5.41, 5.74) is -0.165. The van der Waals surface area contributed by atoms with E-state index in [1.165, 1.54) is 4.90 Å². The molecule has 1 aromatic rings. The van der Waals surface area contributed by atoms with Crippen LogP contribution in [-0.4, -0.2) is 53.0 Å². The van der Waals surface area contributed by atoms with Crippen LogP contribution in [0, 0.1) is 10.1 Å². The second-order valence-corrected chi connectivity index (χ2v) is 3.58. The number of anilines is 1. The molecule has 0 aromatic carbocycles. The highest BCUT2D eigenvalue weighted by molar-refractivity contribution is 5.73. The van der Waals surface area contributed by atoms with E-state index in [1.54, 1.807) is 14.1 Å². The summed E-state index contributed by atoms with van der Waals surface area (Å²) >= 11 is 0. The highest BCUT2D eigenvalue weighted by Crippen LogP contribution is 2.07. The van der Waals surface area contributed by atoms with Gasteiger partial charge in [0.05, 0.1) is 4.92 Å². The molecule has 0 spiro atoms. The van der Waals surface area contributed by atoms with Gasteiger partial charge in [-0.2, -0.15) is 0 Å². The van der Waals surface area contributed by atoms with E-state index in [0.29, 0.717) is 13.1 Å². The van der Waals surface area contributed by atoms with Crippen LogP contribution in [0.3, 0.4) is 0 Å². The number of nitrogens with one attached hydrogen (secondary N) is 2. The molecule has 0 fully saturated rings. The summed E-state index contributed by atoms with van der Waals surface area (Å²) in [6.07, 6.45) is 2.24. The number of aromatic nitrogens is 2. The quantitative estimate of drug-likeness (QED) is 0.436. The van der Waals surface area contributed by atoms with Crippen LogP contribution in [0.1, 0.15) is 0 Å². The molecule has 2 amide bonds. The number of urea groups is 1. The fraction of sp³-hybridized carbons (Fsp3) is 0.444. The lowest BCUT2D eigenvalue weighted by Gasteiger charge is -2.11. The molecular formula is C9H14N6O3. The first-order chi connectivity index (χ1) is 8.50. The molecule has 0 saturated heterocycles. The minimum atomic E-state index is -0.568. The van der Waals surface area contributed by atoms with Crippen molar-refractivity contribution in [3.63, 3.8) is 0 Å². The summed E-state index contributed by atoms with van der Waals surface area (Å²) in [7, 11) is 3.28. The number of amides is 2. The van der Waals surface area contributed by atoms with Gasteiger partial charge in [-0.1, -0.05) is 0 Å². The van der Waals surface area contributed by atoms with E-state index in [-0.39, 0.29) is 17.7 Å². The number of nitro groups is 1. The van der Waals surface area contributed by atoms with Gasteiger partial charge in [-0.3, -0.25) is 10.1 Å². The lowest BCUT2D eigenvalue weighted by molar-refractivity contribution is -0.385. The number of nitrogens with zero attached hydrogens (tertiary/aromatic N) is 4. The van der Waals surface area contributed by atoms with E-state index in [1.807, 2.05) is 0 Å². The number of carbonyl (C=O) groups excluding carboxylic acids is 1. The summed E-state index contributed by atoms with van der Waals surface area (Å²) in [6, 6.07) is -0.193. The van der Waals surface area contributed by atoms with E-state index in [2.05, 4.69) is 20.6 Å². The van der Waals surface area contributed by atoms with Gasteiger partial charge in [0.15, 0.2) is 0 Å². The van der Waals surface area contributed by atoms with Gasteiger partial charge in [-0.15, -0.1) is 0 Å².